The Kier molecular flexibility index (Phi) is 5.79. The lowest BCUT2D eigenvalue weighted by atomic mass is 10.1. The van der Waals surface area contributed by atoms with E-state index in [-0.39, 0.29) is 0 Å². The van der Waals surface area contributed by atoms with E-state index in [9.17, 15) is 0 Å². The molecule has 0 amide bonds. The topological polar surface area (TPSA) is 68.1 Å². The van der Waals surface area contributed by atoms with Crippen LogP contribution in [0.5, 0.6) is 0 Å². The second kappa shape index (κ2) is 9.02. The van der Waals surface area contributed by atoms with E-state index in [1.54, 1.807) is 0 Å². The van der Waals surface area contributed by atoms with Gasteiger partial charge in [-0.15, -0.1) is 0 Å². The summed E-state index contributed by atoms with van der Waals surface area (Å²) in [6.07, 6.45) is 9.54. The van der Waals surface area contributed by atoms with E-state index < -0.39 is 0 Å². The summed E-state index contributed by atoms with van der Waals surface area (Å²) in [5.41, 5.74) is 6.30. The molecule has 1 aromatic carbocycles. The highest BCUT2D eigenvalue weighted by Crippen LogP contribution is 2.25. The van der Waals surface area contributed by atoms with Crippen molar-refractivity contribution in [3.63, 3.8) is 0 Å². The van der Waals surface area contributed by atoms with E-state index in [2.05, 4.69) is 62.5 Å². The number of fused-ring (bicyclic) bond motifs is 2. The molecule has 32 heavy (non-hydrogen) atoms. The monoisotopic (exact) mass is 430 g/mol. The molecule has 7 heteroatoms. The Morgan fingerprint density at radius 1 is 1.19 bits per heavy atom. The van der Waals surface area contributed by atoms with Gasteiger partial charge in [0, 0.05) is 55.7 Å². The fourth-order valence-electron chi connectivity index (χ4n) is 4.58. The minimum absolute atomic E-state index is 0.366. The number of hydrogen-bond acceptors (Lipinski definition) is 6. The molecule has 0 spiro atoms. The van der Waals surface area contributed by atoms with Crippen LogP contribution in [0, 0.1) is 6.92 Å². The van der Waals surface area contributed by atoms with Crippen molar-refractivity contribution in [3.8, 4) is 0 Å². The smallest absolute Gasteiger partial charge is 0.223 e. The molecule has 0 unspecified atom stereocenters. The zero-order valence-electron chi connectivity index (χ0n) is 18.6. The number of imidazole rings is 1. The molecule has 1 aliphatic heterocycles. The Morgan fingerprint density at radius 3 is 2.75 bits per heavy atom. The van der Waals surface area contributed by atoms with Crippen molar-refractivity contribution in [3.05, 3.63) is 83.5 Å². The number of rotatable bonds is 8. The van der Waals surface area contributed by atoms with Crippen LogP contribution in [0.4, 0.5) is 5.95 Å². The van der Waals surface area contributed by atoms with Crippen molar-refractivity contribution < 1.29 is 4.74 Å². The van der Waals surface area contributed by atoms with Crippen LogP contribution in [0.25, 0.3) is 0 Å². The molecule has 1 N–H and O–H groups in total. The molecule has 7 nitrogen and oxygen atoms in total. The van der Waals surface area contributed by atoms with Crippen molar-refractivity contribution in [1.29, 1.82) is 0 Å². The number of anilines is 1. The van der Waals surface area contributed by atoms with E-state index in [0.717, 1.165) is 68.4 Å². The molecule has 166 valence electrons. The standard InChI is InChI=1S/C25H30N6O/c1-18-14-26-17-31(18)9-5-11-32-19(2)30-10-8-24-22(16-30)15-27-25(29-24)28-23-12-20-6-3-4-7-21(20)13-23/h3-4,6-7,14-15,17,23H,2,5,8-13,16H2,1H3,(H,27,28,29). The number of hydrogen-bond donors (Lipinski definition) is 1. The largest absolute Gasteiger partial charge is 0.479 e. The zero-order chi connectivity index (χ0) is 21.9. The molecule has 1 aliphatic carbocycles. The first-order valence-electron chi connectivity index (χ1n) is 11.4. The second-order valence-electron chi connectivity index (χ2n) is 8.68. The lowest BCUT2D eigenvalue weighted by Crippen LogP contribution is -2.32. The number of aryl methyl sites for hydroxylation is 2. The van der Waals surface area contributed by atoms with Gasteiger partial charge in [-0.25, -0.2) is 15.0 Å². The second-order valence-corrected chi connectivity index (χ2v) is 8.68. The van der Waals surface area contributed by atoms with Crippen molar-refractivity contribution in [1.82, 2.24) is 24.4 Å². The van der Waals surface area contributed by atoms with E-state index in [0.29, 0.717) is 12.6 Å². The van der Waals surface area contributed by atoms with Crippen LogP contribution in [-0.4, -0.2) is 43.6 Å². The third-order valence-electron chi connectivity index (χ3n) is 6.40. The van der Waals surface area contributed by atoms with E-state index in [1.807, 2.05) is 18.7 Å². The van der Waals surface area contributed by atoms with Crippen molar-refractivity contribution in [2.24, 2.45) is 0 Å². The van der Waals surface area contributed by atoms with Crippen LogP contribution >= 0.6 is 0 Å². The molecule has 0 fully saturated rings. The quantitative estimate of drug-likeness (QED) is 0.436. The fourth-order valence-corrected chi connectivity index (χ4v) is 4.58. The van der Waals surface area contributed by atoms with Crippen molar-refractivity contribution in [2.45, 2.75) is 51.7 Å². The highest BCUT2D eigenvalue weighted by molar-refractivity contribution is 5.39. The number of nitrogens with one attached hydrogen (secondary N) is 1. The number of benzene rings is 1. The minimum atomic E-state index is 0.366. The molecule has 0 saturated heterocycles. The average Bonchev–Trinajstić information content (AvgIpc) is 3.41. The molecule has 0 radical (unpaired) electrons. The number of nitrogens with zero attached hydrogens (tertiary/aromatic N) is 5. The van der Waals surface area contributed by atoms with E-state index in [4.69, 9.17) is 9.72 Å². The summed E-state index contributed by atoms with van der Waals surface area (Å²) in [4.78, 5) is 15.7. The summed E-state index contributed by atoms with van der Waals surface area (Å²) in [7, 11) is 0. The maximum atomic E-state index is 5.92. The van der Waals surface area contributed by atoms with Crippen LogP contribution < -0.4 is 5.32 Å². The fraction of sp³-hybridized carbons (Fsp3) is 0.400. The van der Waals surface area contributed by atoms with Crippen LogP contribution in [0.3, 0.4) is 0 Å². The summed E-state index contributed by atoms with van der Waals surface area (Å²) >= 11 is 0. The first-order valence-corrected chi connectivity index (χ1v) is 11.4. The first-order chi connectivity index (χ1) is 15.7. The Morgan fingerprint density at radius 2 is 2.00 bits per heavy atom. The van der Waals surface area contributed by atoms with Crippen LogP contribution in [0.15, 0.2) is 55.4 Å². The summed E-state index contributed by atoms with van der Waals surface area (Å²) < 4.78 is 8.06. The summed E-state index contributed by atoms with van der Waals surface area (Å²) in [6, 6.07) is 9.02. The minimum Gasteiger partial charge on any atom is -0.479 e. The van der Waals surface area contributed by atoms with Gasteiger partial charge in [0.25, 0.3) is 0 Å². The lowest BCUT2D eigenvalue weighted by molar-refractivity contribution is 0.102. The SMILES string of the molecule is C=C(OCCCn1cncc1C)N1CCc2nc(NC3Cc4ccccc4C3)ncc2C1. The van der Waals surface area contributed by atoms with Gasteiger partial charge in [-0.2, -0.15) is 0 Å². The van der Waals surface area contributed by atoms with E-state index in [1.165, 1.54) is 16.8 Å². The zero-order valence-corrected chi connectivity index (χ0v) is 18.6. The van der Waals surface area contributed by atoms with Gasteiger partial charge in [0.15, 0.2) is 5.88 Å². The van der Waals surface area contributed by atoms with E-state index >= 15 is 0 Å². The van der Waals surface area contributed by atoms with Crippen LogP contribution in [-0.2, 0) is 37.1 Å². The molecule has 2 aromatic heterocycles. The van der Waals surface area contributed by atoms with Crippen LogP contribution in [0.2, 0.25) is 0 Å². The van der Waals surface area contributed by atoms with Gasteiger partial charge >= 0.3 is 0 Å². The molecular formula is C25H30N6O. The summed E-state index contributed by atoms with van der Waals surface area (Å²) in [5.74, 6) is 1.46. The lowest BCUT2D eigenvalue weighted by Gasteiger charge is -2.31. The molecular weight excluding hydrogens is 400 g/mol. The molecule has 3 aromatic rings. The molecule has 3 heterocycles. The Balaban J connectivity index is 1.11. The molecule has 5 rings (SSSR count). The highest BCUT2D eigenvalue weighted by atomic mass is 16.5. The molecule has 0 atom stereocenters. The van der Waals surface area contributed by atoms with Crippen LogP contribution in [0.1, 0.15) is 34.5 Å². The summed E-state index contributed by atoms with van der Waals surface area (Å²) in [6.45, 7) is 9.34. The maximum absolute atomic E-state index is 5.92. The molecule has 0 saturated carbocycles. The molecule has 2 aliphatic rings. The Labute approximate surface area is 189 Å². The van der Waals surface area contributed by atoms with Gasteiger partial charge < -0.3 is 19.5 Å². The Hall–Kier alpha value is -3.35. The number of aromatic nitrogens is 4. The number of ether oxygens (including phenoxy) is 1. The summed E-state index contributed by atoms with van der Waals surface area (Å²) in [5, 5.41) is 3.54. The normalized spacial score (nSPS) is 15.3. The maximum Gasteiger partial charge on any atom is 0.223 e. The molecule has 0 bridgehead atoms. The predicted octanol–water partition coefficient (Wildman–Crippen LogP) is 3.50. The third kappa shape index (κ3) is 4.47. The van der Waals surface area contributed by atoms with Crippen molar-refractivity contribution in [2.75, 3.05) is 18.5 Å². The first kappa shape index (κ1) is 20.5. The van der Waals surface area contributed by atoms with Gasteiger partial charge in [0.05, 0.1) is 18.6 Å². The average molecular weight is 431 g/mol. The van der Waals surface area contributed by atoms with Gasteiger partial charge in [0.2, 0.25) is 5.95 Å². The Bertz CT molecular complexity index is 1080. The van der Waals surface area contributed by atoms with Crippen molar-refractivity contribution >= 4 is 5.95 Å². The third-order valence-corrected chi connectivity index (χ3v) is 6.40. The van der Waals surface area contributed by atoms with Gasteiger partial charge in [0.1, 0.15) is 0 Å². The highest BCUT2D eigenvalue weighted by Gasteiger charge is 2.23. The van der Waals surface area contributed by atoms with Gasteiger partial charge in [-0.05, 0) is 43.9 Å². The van der Waals surface area contributed by atoms with Gasteiger partial charge in [-0.1, -0.05) is 24.3 Å². The predicted molar refractivity (Wildman–Crippen MR) is 124 cm³/mol. The van der Waals surface area contributed by atoms with Gasteiger partial charge in [-0.3, -0.25) is 0 Å².